The Labute approximate surface area is 184 Å². The second-order valence-corrected chi connectivity index (χ2v) is 11.3. The molecule has 0 spiro atoms. The molecule has 0 radical (unpaired) electrons. The number of hydrogen-bond donors (Lipinski definition) is 4. The summed E-state index contributed by atoms with van der Waals surface area (Å²) in [5.41, 5.74) is 2.59. The Morgan fingerprint density at radius 2 is 1.81 bits per heavy atom. The molecule has 1 aromatic carbocycles. The van der Waals surface area contributed by atoms with Crippen LogP contribution in [0.15, 0.2) is 29.3 Å². The number of phenolic OH excluding ortho intramolecular Hbond substituents is 1. The van der Waals surface area contributed by atoms with Crippen molar-refractivity contribution in [2.75, 3.05) is 0 Å². The van der Waals surface area contributed by atoms with Crippen LogP contribution in [0, 0.1) is 28.1 Å². The van der Waals surface area contributed by atoms with Gasteiger partial charge in [-0.25, -0.2) is 4.79 Å². The first-order valence-electron chi connectivity index (χ1n) is 11.5. The summed E-state index contributed by atoms with van der Waals surface area (Å²) in [5, 5.41) is 42.0. The largest absolute Gasteiger partial charge is 0.508 e. The van der Waals surface area contributed by atoms with Gasteiger partial charge in [0, 0.05) is 0 Å². The van der Waals surface area contributed by atoms with Crippen LogP contribution < -0.4 is 0 Å². The van der Waals surface area contributed by atoms with E-state index in [1.54, 1.807) is 6.07 Å². The fraction of sp³-hybridized carbons (Fsp3) is 0.654. The molecule has 31 heavy (non-hydrogen) atoms. The highest BCUT2D eigenvalue weighted by atomic mass is 16.4. The predicted molar refractivity (Wildman–Crippen MR) is 119 cm³/mol. The lowest BCUT2D eigenvalue weighted by molar-refractivity contribution is -0.0133. The maximum Gasteiger partial charge on any atom is 0.335 e. The second kappa shape index (κ2) is 7.08. The van der Waals surface area contributed by atoms with Crippen molar-refractivity contribution in [2.45, 2.75) is 78.9 Å². The standard InChI is InChI=1S/C26H36O5/c1-14-10-20(28)22-17(8-9-26(5)18(22)12-21(29)24(26,2)3)25(14,4)13-16-11-15(23(30)31)6-7-19(16)27/h6-7,11,14,18,20-21,27-29H,8-10,12-13H2,1-5H3,(H,30,31). The molecule has 6 atom stereocenters. The lowest BCUT2D eigenvalue weighted by atomic mass is 9.50. The average molecular weight is 429 g/mol. The van der Waals surface area contributed by atoms with Crippen molar-refractivity contribution in [1.82, 2.24) is 0 Å². The summed E-state index contributed by atoms with van der Waals surface area (Å²) in [6.07, 6.45) is 2.74. The van der Waals surface area contributed by atoms with E-state index in [9.17, 15) is 25.2 Å². The molecule has 3 aliphatic carbocycles. The van der Waals surface area contributed by atoms with Gasteiger partial charge in [-0.2, -0.15) is 0 Å². The van der Waals surface area contributed by atoms with Crippen LogP contribution in [0.1, 0.15) is 76.2 Å². The number of allylic oxidation sites excluding steroid dienone is 1. The van der Waals surface area contributed by atoms with Gasteiger partial charge in [-0.15, -0.1) is 0 Å². The van der Waals surface area contributed by atoms with Gasteiger partial charge in [0.25, 0.3) is 0 Å². The smallest absolute Gasteiger partial charge is 0.335 e. The van der Waals surface area contributed by atoms with Gasteiger partial charge < -0.3 is 20.4 Å². The van der Waals surface area contributed by atoms with Crippen molar-refractivity contribution >= 4 is 5.97 Å². The lowest BCUT2D eigenvalue weighted by Gasteiger charge is -2.54. The molecular weight excluding hydrogens is 392 g/mol. The number of aromatic hydroxyl groups is 1. The van der Waals surface area contributed by atoms with Crippen molar-refractivity contribution in [3.8, 4) is 5.75 Å². The predicted octanol–water partition coefficient (Wildman–Crippen LogP) is 4.54. The highest BCUT2D eigenvalue weighted by Gasteiger charge is 2.61. The average Bonchev–Trinajstić information content (AvgIpc) is 2.86. The van der Waals surface area contributed by atoms with E-state index >= 15 is 0 Å². The zero-order valence-electron chi connectivity index (χ0n) is 19.3. The second-order valence-electron chi connectivity index (χ2n) is 11.3. The van der Waals surface area contributed by atoms with E-state index in [2.05, 4.69) is 34.6 Å². The SMILES string of the molecule is CC1CC(O)C2=C(CCC3(C)C2CC(O)C3(C)C)C1(C)Cc1cc(C(=O)O)ccc1O. The minimum atomic E-state index is -1.01. The summed E-state index contributed by atoms with van der Waals surface area (Å²) in [6, 6.07) is 4.47. The van der Waals surface area contributed by atoms with Crippen molar-refractivity contribution in [2.24, 2.45) is 28.1 Å². The van der Waals surface area contributed by atoms with Crippen LogP contribution >= 0.6 is 0 Å². The van der Waals surface area contributed by atoms with Gasteiger partial charge in [0.2, 0.25) is 0 Å². The molecule has 6 unspecified atom stereocenters. The highest BCUT2D eigenvalue weighted by Crippen LogP contribution is 2.67. The number of carbonyl (C=O) groups is 1. The molecule has 1 aromatic rings. The number of aliphatic hydroxyl groups is 2. The first-order valence-corrected chi connectivity index (χ1v) is 11.5. The number of aromatic carboxylic acids is 1. The fourth-order valence-electron chi connectivity index (χ4n) is 6.92. The fourth-order valence-corrected chi connectivity index (χ4v) is 6.92. The van der Waals surface area contributed by atoms with Gasteiger partial charge in [-0.05, 0) is 89.5 Å². The molecule has 4 rings (SSSR count). The van der Waals surface area contributed by atoms with Crippen LogP contribution in [0.3, 0.4) is 0 Å². The molecule has 0 bridgehead atoms. The summed E-state index contributed by atoms with van der Waals surface area (Å²) >= 11 is 0. The minimum Gasteiger partial charge on any atom is -0.508 e. The molecule has 1 fully saturated rings. The van der Waals surface area contributed by atoms with Crippen LogP contribution in [-0.2, 0) is 6.42 Å². The van der Waals surface area contributed by atoms with E-state index < -0.39 is 18.2 Å². The van der Waals surface area contributed by atoms with Gasteiger partial charge in [-0.1, -0.05) is 40.2 Å². The van der Waals surface area contributed by atoms with Crippen LogP contribution in [0.25, 0.3) is 0 Å². The number of carboxylic acids is 1. The number of benzene rings is 1. The molecule has 5 nitrogen and oxygen atoms in total. The quantitative estimate of drug-likeness (QED) is 0.530. The summed E-state index contributed by atoms with van der Waals surface area (Å²) in [4.78, 5) is 11.5. The number of hydrogen-bond acceptors (Lipinski definition) is 4. The molecule has 0 amide bonds. The van der Waals surface area contributed by atoms with Crippen molar-refractivity contribution in [1.29, 1.82) is 0 Å². The van der Waals surface area contributed by atoms with E-state index in [4.69, 9.17) is 0 Å². The molecular formula is C26H36O5. The van der Waals surface area contributed by atoms with Crippen LogP contribution in [0.5, 0.6) is 5.75 Å². The third-order valence-corrected chi connectivity index (χ3v) is 9.75. The zero-order chi connectivity index (χ0) is 22.9. The maximum atomic E-state index is 11.5. The van der Waals surface area contributed by atoms with Crippen LogP contribution in [0.4, 0.5) is 0 Å². The Morgan fingerprint density at radius 1 is 1.13 bits per heavy atom. The van der Waals surface area contributed by atoms with Crippen LogP contribution in [-0.4, -0.2) is 38.6 Å². The van der Waals surface area contributed by atoms with Gasteiger partial charge in [-0.3, -0.25) is 0 Å². The topological polar surface area (TPSA) is 98.0 Å². The van der Waals surface area contributed by atoms with Gasteiger partial charge in [0.05, 0.1) is 17.8 Å². The van der Waals surface area contributed by atoms with Gasteiger partial charge >= 0.3 is 5.97 Å². The molecule has 0 aromatic heterocycles. The molecule has 3 aliphatic rings. The molecule has 0 heterocycles. The van der Waals surface area contributed by atoms with Crippen molar-refractivity contribution in [3.63, 3.8) is 0 Å². The molecule has 0 saturated heterocycles. The Kier molecular flexibility index (Phi) is 5.10. The molecule has 4 N–H and O–H groups in total. The van der Waals surface area contributed by atoms with E-state index in [1.165, 1.54) is 17.7 Å². The Balaban J connectivity index is 1.81. The third-order valence-electron chi connectivity index (χ3n) is 9.75. The number of aliphatic hydroxyl groups excluding tert-OH is 2. The first-order chi connectivity index (χ1) is 14.3. The third kappa shape index (κ3) is 3.07. The first kappa shape index (κ1) is 22.3. The number of rotatable bonds is 3. The summed E-state index contributed by atoms with van der Waals surface area (Å²) in [5.74, 6) is -0.571. The molecule has 1 saturated carbocycles. The number of phenols is 1. The van der Waals surface area contributed by atoms with Crippen molar-refractivity contribution in [3.05, 3.63) is 40.5 Å². The molecule has 5 heteroatoms. The summed E-state index contributed by atoms with van der Waals surface area (Å²) in [7, 11) is 0. The van der Waals surface area contributed by atoms with Crippen molar-refractivity contribution < 1.29 is 25.2 Å². The van der Waals surface area contributed by atoms with E-state index in [0.717, 1.165) is 18.4 Å². The van der Waals surface area contributed by atoms with E-state index in [-0.39, 0.29) is 39.4 Å². The number of carboxylic acid groups (broad SMARTS) is 1. The Bertz CT molecular complexity index is 947. The summed E-state index contributed by atoms with van der Waals surface area (Å²) < 4.78 is 0. The lowest BCUT2D eigenvalue weighted by Crippen LogP contribution is -2.48. The van der Waals surface area contributed by atoms with E-state index in [1.807, 2.05) is 0 Å². The molecule has 170 valence electrons. The monoisotopic (exact) mass is 428 g/mol. The van der Waals surface area contributed by atoms with Gasteiger partial charge in [0.1, 0.15) is 5.75 Å². The van der Waals surface area contributed by atoms with E-state index in [0.29, 0.717) is 24.8 Å². The Morgan fingerprint density at radius 3 is 2.45 bits per heavy atom. The Hall–Kier alpha value is -1.85. The maximum absolute atomic E-state index is 11.5. The van der Waals surface area contributed by atoms with Gasteiger partial charge in [0.15, 0.2) is 0 Å². The normalized spacial score (nSPS) is 39.2. The van der Waals surface area contributed by atoms with Crippen LogP contribution in [0.2, 0.25) is 0 Å². The minimum absolute atomic E-state index is 0.0704. The highest BCUT2D eigenvalue weighted by molar-refractivity contribution is 5.88. The zero-order valence-corrected chi connectivity index (χ0v) is 19.3. The number of fused-ring (bicyclic) bond motifs is 2. The summed E-state index contributed by atoms with van der Waals surface area (Å²) in [6.45, 7) is 10.9. The molecule has 0 aliphatic heterocycles.